The van der Waals surface area contributed by atoms with Crippen molar-refractivity contribution >= 4 is 39.7 Å². The lowest BCUT2D eigenvalue weighted by Crippen LogP contribution is -2.24. The van der Waals surface area contributed by atoms with Gasteiger partial charge >= 0.3 is 11.7 Å². The molecule has 3 rings (SSSR count). The smallest absolute Gasteiger partial charge is 0.379 e. The van der Waals surface area contributed by atoms with Gasteiger partial charge in [0.1, 0.15) is 5.75 Å². The predicted octanol–water partition coefficient (Wildman–Crippen LogP) is 3.70. The minimum atomic E-state index is -0.691. The number of carbonyl (C=O) groups excluding carboxylic acids is 2. The second kappa shape index (κ2) is 10.2. The number of rotatable bonds is 8. The van der Waals surface area contributed by atoms with Crippen LogP contribution in [0.2, 0.25) is 0 Å². The molecule has 3 aromatic rings. The number of esters is 1. The molecule has 2 aromatic carbocycles. The van der Waals surface area contributed by atoms with Crippen molar-refractivity contribution in [3.05, 3.63) is 86.8 Å². The molecule has 0 atom stereocenters. The van der Waals surface area contributed by atoms with E-state index in [9.17, 15) is 19.7 Å². The first-order valence-corrected chi connectivity index (χ1v) is 9.46. The van der Waals surface area contributed by atoms with Crippen molar-refractivity contribution < 1.29 is 28.4 Å². The van der Waals surface area contributed by atoms with Crippen LogP contribution < -0.4 is 14.9 Å². The number of nitro benzene ring substituents is 1. The molecule has 0 radical (unpaired) electrons. The molecule has 31 heavy (non-hydrogen) atoms. The summed E-state index contributed by atoms with van der Waals surface area (Å²) in [5, 5.41) is 14.8. The van der Waals surface area contributed by atoms with Crippen molar-refractivity contribution in [2.24, 2.45) is 5.10 Å². The third-order valence-electron chi connectivity index (χ3n) is 3.71. The summed E-state index contributed by atoms with van der Waals surface area (Å²) in [6, 6.07) is 13.6. The molecular weight excluding hydrogens is 474 g/mol. The molecule has 0 bridgehead atoms. The lowest BCUT2D eigenvalue weighted by Gasteiger charge is -2.07. The van der Waals surface area contributed by atoms with Crippen molar-refractivity contribution in [2.45, 2.75) is 0 Å². The standard InChI is InChI=1S/C20H14BrN3O7/c21-14-7-8-16(31-20(26)18-6-3-9-29-18)13(10-14)11-22-23-19(25)12-30-17-5-2-1-4-15(17)24(27)28/h1-11H,12H2,(H,23,25)/b22-11+. The SMILES string of the molecule is O=C(COc1ccccc1[N+](=O)[O-])N/N=C/c1cc(Br)ccc1OC(=O)c1ccco1. The van der Waals surface area contributed by atoms with Gasteiger partial charge in [-0.15, -0.1) is 0 Å². The minimum Gasteiger partial charge on any atom is -0.477 e. The van der Waals surface area contributed by atoms with E-state index in [-0.39, 0.29) is 22.9 Å². The number of hydrogen-bond acceptors (Lipinski definition) is 8. The maximum absolute atomic E-state index is 12.1. The lowest BCUT2D eigenvalue weighted by atomic mass is 10.2. The fourth-order valence-corrected chi connectivity index (χ4v) is 2.72. The van der Waals surface area contributed by atoms with Crippen LogP contribution in [-0.4, -0.2) is 29.6 Å². The van der Waals surface area contributed by atoms with Crippen LogP contribution >= 0.6 is 15.9 Å². The third-order valence-corrected chi connectivity index (χ3v) is 4.20. The van der Waals surface area contributed by atoms with Gasteiger partial charge in [-0.05, 0) is 36.4 Å². The largest absolute Gasteiger partial charge is 0.477 e. The highest BCUT2D eigenvalue weighted by atomic mass is 79.9. The quantitative estimate of drug-likeness (QED) is 0.168. The first-order chi connectivity index (χ1) is 14.9. The number of ether oxygens (including phenoxy) is 2. The van der Waals surface area contributed by atoms with Gasteiger partial charge in [-0.2, -0.15) is 5.10 Å². The number of nitrogens with zero attached hydrogens (tertiary/aromatic N) is 2. The normalized spacial score (nSPS) is 10.6. The molecule has 0 saturated carbocycles. The van der Waals surface area contributed by atoms with E-state index < -0.39 is 23.4 Å². The Hall–Kier alpha value is -3.99. The molecule has 1 heterocycles. The third kappa shape index (κ3) is 6.00. The van der Waals surface area contributed by atoms with Crippen molar-refractivity contribution in [3.8, 4) is 11.5 Å². The summed E-state index contributed by atoms with van der Waals surface area (Å²) >= 11 is 3.31. The summed E-state index contributed by atoms with van der Waals surface area (Å²) in [5.74, 6) is -1.14. The Balaban J connectivity index is 1.61. The lowest BCUT2D eigenvalue weighted by molar-refractivity contribution is -0.385. The summed E-state index contributed by atoms with van der Waals surface area (Å²) in [6.45, 7) is -0.485. The highest BCUT2D eigenvalue weighted by Gasteiger charge is 2.15. The number of para-hydroxylation sites is 2. The second-order valence-corrected chi connectivity index (χ2v) is 6.77. The van der Waals surface area contributed by atoms with E-state index in [2.05, 4.69) is 26.5 Å². The maximum atomic E-state index is 12.1. The van der Waals surface area contributed by atoms with E-state index in [0.29, 0.717) is 10.0 Å². The maximum Gasteiger partial charge on any atom is 0.379 e. The Labute approximate surface area is 183 Å². The molecule has 0 fully saturated rings. The molecule has 0 aliphatic carbocycles. The molecule has 0 aliphatic rings. The molecule has 0 aliphatic heterocycles. The number of nitrogens with one attached hydrogen (secondary N) is 1. The Kier molecular flexibility index (Phi) is 7.12. The van der Waals surface area contributed by atoms with Crippen LogP contribution in [0.4, 0.5) is 5.69 Å². The van der Waals surface area contributed by atoms with Gasteiger partial charge in [0.15, 0.2) is 12.4 Å². The number of nitro groups is 1. The Morgan fingerprint density at radius 3 is 2.71 bits per heavy atom. The highest BCUT2D eigenvalue weighted by Crippen LogP contribution is 2.25. The zero-order valence-corrected chi connectivity index (χ0v) is 17.3. The number of benzene rings is 2. The van der Waals surface area contributed by atoms with E-state index in [4.69, 9.17) is 13.9 Å². The van der Waals surface area contributed by atoms with Crippen LogP contribution in [0, 0.1) is 10.1 Å². The van der Waals surface area contributed by atoms with Gasteiger partial charge in [0, 0.05) is 16.1 Å². The van der Waals surface area contributed by atoms with Crippen LogP contribution in [0.15, 0.2) is 74.9 Å². The first-order valence-electron chi connectivity index (χ1n) is 8.67. The van der Waals surface area contributed by atoms with Crippen molar-refractivity contribution in [2.75, 3.05) is 6.61 Å². The molecule has 1 aromatic heterocycles. The van der Waals surface area contributed by atoms with Crippen molar-refractivity contribution in [1.82, 2.24) is 5.43 Å². The van der Waals surface area contributed by atoms with Crippen molar-refractivity contribution in [1.29, 1.82) is 0 Å². The Bertz CT molecular complexity index is 1130. The summed E-state index contributed by atoms with van der Waals surface area (Å²) in [6.07, 6.45) is 2.63. The molecule has 0 unspecified atom stereocenters. The summed E-state index contributed by atoms with van der Waals surface area (Å²) < 4.78 is 16.2. The minimum absolute atomic E-state index is 0.0336. The summed E-state index contributed by atoms with van der Waals surface area (Å²) in [5.41, 5.74) is 2.38. The van der Waals surface area contributed by atoms with Gasteiger partial charge in [0.25, 0.3) is 5.91 Å². The van der Waals surface area contributed by atoms with Crippen LogP contribution in [0.1, 0.15) is 16.1 Å². The van der Waals surface area contributed by atoms with Gasteiger partial charge in [0.05, 0.1) is 17.4 Å². The van der Waals surface area contributed by atoms with Gasteiger partial charge in [0.2, 0.25) is 5.76 Å². The number of furan rings is 1. The fraction of sp³-hybridized carbons (Fsp3) is 0.0500. The van der Waals surface area contributed by atoms with Crippen LogP contribution in [0.3, 0.4) is 0 Å². The first kappa shape index (κ1) is 21.7. The van der Waals surface area contributed by atoms with Crippen LogP contribution in [-0.2, 0) is 4.79 Å². The molecule has 0 spiro atoms. The molecule has 0 saturated heterocycles. The molecule has 158 valence electrons. The van der Waals surface area contributed by atoms with E-state index in [0.717, 1.165) is 0 Å². The average molecular weight is 488 g/mol. The fourth-order valence-electron chi connectivity index (χ4n) is 2.34. The predicted molar refractivity (Wildman–Crippen MR) is 112 cm³/mol. The van der Waals surface area contributed by atoms with Gasteiger partial charge in [-0.1, -0.05) is 28.1 Å². The molecule has 11 heteroatoms. The van der Waals surface area contributed by atoms with E-state index >= 15 is 0 Å². The molecule has 1 N–H and O–H groups in total. The number of amides is 1. The monoisotopic (exact) mass is 487 g/mol. The molecule has 10 nitrogen and oxygen atoms in total. The topological polar surface area (TPSA) is 133 Å². The van der Waals surface area contributed by atoms with E-state index in [1.165, 1.54) is 36.7 Å². The summed E-state index contributed by atoms with van der Waals surface area (Å²) in [4.78, 5) is 34.4. The van der Waals surface area contributed by atoms with Crippen molar-refractivity contribution in [3.63, 3.8) is 0 Å². The van der Waals surface area contributed by atoms with E-state index in [1.54, 1.807) is 30.3 Å². The summed E-state index contributed by atoms with van der Waals surface area (Å²) in [7, 11) is 0. The highest BCUT2D eigenvalue weighted by molar-refractivity contribution is 9.10. The van der Waals surface area contributed by atoms with Gasteiger partial charge in [-0.25, -0.2) is 10.2 Å². The molecular formula is C20H14BrN3O7. The zero-order chi connectivity index (χ0) is 22.2. The average Bonchev–Trinajstić information content (AvgIpc) is 3.29. The zero-order valence-electron chi connectivity index (χ0n) is 15.7. The van der Waals surface area contributed by atoms with Crippen LogP contribution in [0.5, 0.6) is 11.5 Å². The number of hydrogen-bond donors (Lipinski definition) is 1. The Morgan fingerprint density at radius 1 is 1.16 bits per heavy atom. The number of halogens is 1. The number of carbonyl (C=O) groups is 2. The van der Waals surface area contributed by atoms with Gasteiger partial charge < -0.3 is 13.9 Å². The Morgan fingerprint density at radius 2 is 1.97 bits per heavy atom. The van der Waals surface area contributed by atoms with Crippen LogP contribution in [0.25, 0.3) is 0 Å². The second-order valence-electron chi connectivity index (χ2n) is 5.86. The number of hydrazone groups is 1. The molecule has 1 amide bonds. The van der Waals surface area contributed by atoms with E-state index in [1.807, 2.05) is 0 Å². The van der Waals surface area contributed by atoms with Gasteiger partial charge in [-0.3, -0.25) is 14.9 Å².